The molecule has 0 aliphatic heterocycles. The van der Waals surface area contributed by atoms with E-state index in [-0.39, 0.29) is 5.88 Å². The number of hydrogen-bond acceptors (Lipinski definition) is 3. The molecule has 0 amide bonds. The van der Waals surface area contributed by atoms with Crippen LogP contribution in [0.25, 0.3) is 0 Å². The number of carbonyl (C=O) groups is 1. The Morgan fingerprint density at radius 2 is 2.18 bits per heavy atom. The lowest BCUT2D eigenvalue weighted by Crippen LogP contribution is -2.10. The lowest BCUT2D eigenvalue weighted by atomic mass is 9.98. The largest absolute Gasteiger partial charge is 0.462 e. The fraction of sp³-hybridized carbons (Fsp3) is 0.385. The molecular weight excluding hydrogens is 238 g/mol. The fourth-order valence-electron chi connectivity index (χ4n) is 1.57. The number of rotatable bonds is 4. The third-order valence-electron chi connectivity index (χ3n) is 2.47. The van der Waals surface area contributed by atoms with Crippen LogP contribution >= 0.6 is 11.6 Å². The zero-order valence-corrected chi connectivity index (χ0v) is 10.7. The van der Waals surface area contributed by atoms with E-state index in [1.807, 2.05) is 6.92 Å². The molecule has 0 atom stereocenters. The molecule has 0 fully saturated rings. The molecule has 0 unspecified atom stereocenters. The van der Waals surface area contributed by atoms with E-state index in [1.165, 1.54) is 0 Å². The van der Waals surface area contributed by atoms with Crippen molar-refractivity contribution >= 4 is 17.6 Å². The number of ether oxygens (including phenoxy) is 1. The Morgan fingerprint density at radius 3 is 2.65 bits per heavy atom. The SMILES string of the molecule is CCOC(=O)c1cc(CC)cc(C#N)c1CCl. The molecule has 4 heteroatoms. The molecule has 17 heavy (non-hydrogen) atoms. The van der Waals surface area contributed by atoms with E-state index in [9.17, 15) is 4.79 Å². The van der Waals surface area contributed by atoms with Gasteiger partial charge < -0.3 is 4.74 Å². The Balaban J connectivity index is 3.35. The van der Waals surface area contributed by atoms with Crippen LogP contribution in [0.15, 0.2) is 12.1 Å². The van der Waals surface area contributed by atoms with Crippen molar-refractivity contribution in [3.05, 3.63) is 34.4 Å². The van der Waals surface area contributed by atoms with Gasteiger partial charge in [-0.25, -0.2) is 4.79 Å². The molecule has 0 bridgehead atoms. The molecule has 90 valence electrons. The van der Waals surface area contributed by atoms with Crippen molar-refractivity contribution < 1.29 is 9.53 Å². The maximum absolute atomic E-state index is 11.8. The minimum Gasteiger partial charge on any atom is -0.462 e. The maximum Gasteiger partial charge on any atom is 0.338 e. The Hall–Kier alpha value is -1.53. The Labute approximate surface area is 106 Å². The van der Waals surface area contributed by atoms with Crippen molar-refractivity contribution in [2.45, 2.75) is 26.1 Å². The van der Waals surface area contributed by atoms with Crippen molar-refractivity contribution in [3.63, 3.8) is 0 Å². The van der Waals surface area contributed by atoms with Gasteiger partial charge in [-0.15, -0.1) is 11.6 Å². The van der Waals surface area contributed by atoms with Gasteiger partial charge in [0.25, 0.3) is 0 Å². The van der Waals surface area contributed by atoms with Gasteiger partial charge in [-0.3, -0.25) is 0 Å². The summed E-state index contributed by atoms with van der Waals surface area (Å²) in [5.74, 6) is -0.295. The average Bonchev–Trinajstić information content (AvgIpc) is 2.37. The highest BCUT2D eigenvalue weighted by Crippen LogP contribution is 2.21. The number of alkyl halides is 1. The smallest absolute Gasteiger partial charge is 0.338 e. The van der Waals surface area contributed by atoms with Crippen molar-refractivity contribution in [1.29, 1.82) is 5.26 Å². The standard InChI is InChI=1S/C13H14ClNO2/c1-3-9-5-10(8-15)12(7-14)11(6-9)13(16)17-4-2/h5-6H,3-4,7H2,1-2H3. The van der Waals surface area contributed by atoms with Gasteiger partial charge in [-0.05, 0) is 36.6 Å². The lowest BCUT2D eigenvalue weighted by molar-refractivity contribution is 0.0525. The number of aryl methyl sites for hydroxylation is 1. The van der Waals surface area contributed by atoms with E-state index in [4.69, 9.17) is 21.6 Å². The Bertz CT molecular complexity index is 463. The fourth-order valence-corrected chi connectivity index (χ4v) is 1.86. The normalized spacial score (nSPS) is 9.76. The van der Waals surface area contributed by atoms with Gasteiger partial charge in [0.1, 0.15) is 0 Å². The first-order chi connectivity index (χ1) is 8.17. The summed E-state index contributed by atoms with van der Waals surface area (Å²) in [6.45, 7) is 4.01. The summed E-state index contributed by atoms with van der Waals surface area (Å²) < 4.78 is 4.96. The van der Waals surface area contributed by atoms with Gasteiger partial charge in [0, 0.05) is 5.88 Å². The molecule has 0 radical (unpaired) electrons. The lowest BCUT2D eigenvalue weighted by Gasteiger charge is -2.10. The van der Waals surface area contributed by atoms with E-state index in [0.717, 1.165) is 12.0 Å². The second kappa shape index (κ2) is 6.27. The highest BCUT2D eigenvalue weighted by Gasteiger charge is 2.16. The zero-order chi connectivity index (χ0) is 12.8. The van der Waals surface area contributed by atoms with Gasteiger partial charge in [0.2, 0.25) is 0 Å². The monoisotopic (exact) mass is 251 g/mol. The average molecular weight is 252 g/mol. The van der Waals surface area contributed by atoms with E-state index in [1.54, 1.807) is 19.1 Å². The molecule has 0 heterocycles. The van der Waals surface area contributed by atoms with Gasteiger partial charge in [0.05, 0.1) is 23.8 Å². The van der Waals surface area contributed by atoms with Gasteiger partial charge in [-0.1, -0.05) is 6.92 Å². The van der Waals surface area contributed by atoms with Crippen molar-refractivity contribution in [2.75, 3.05) is 6.61 Å². The van der Waals surface area contributed by atoms with Crippen LogP contribution in [0.4, 0.5) is 0 Å². The number of benzene rings is 1. The van der Waals surface area contributed by atoms with E-state index >= 15 is 0 Å². The molecule has 1 aromatic rings. The van der Waals surface area contributed by atoms with Crippen LogP contribution in [0.3, 0.4) is 0 Å². The summed E-state index contributed by atoms with van der Waals surface area (Å²) in [6.07, 6.45) is 0.754. The maximum atomic E-state index is 11.8. The molecule has 0 N–H and O–H groups in total. The zero-order valence-electron chi connectivity index (χ0n) is 9.92. The van der Waals surface area contributed by atoms with Crippen molar-refractivity contribution in [2.24, 2.45) is 0 Å². The van der Waals surface area contributed by atoms with E-state index in [0.29, 0.717) is 23.3 Å². The highest BCUT2D eigenvalue weighted by molar-refractivity contribution is 6.18. The first kappa shape index (κ1) is 13.5. The summed E-state index contributed by atoms with van der Waals surface area (Å²) >= 11 is 5.80. The van der Waals surface area contributed by atoms with Crippen LogP contribution in [-0.4, -0.2) is 12.6 Å². The molecule has 0 saturated carbocycles. The number of nitrogens with zero attached hydrogens (tertiary/aromatic N) is 1. The molecule has 0 aliphatic rings. The van der Waals surface area contributed by atoms with Crippen molar-refractivity contribution in [3.8, 4) is 6.07 Å². The van der Waals surface area contributed by atoms with Crippen LogP contribution in [0, 0.1) is 11.3 Å². The second-order valence-electron chi connectivity index (χ2n) is 3.49. The molecule has 1 rings (SSSR count). The molecule has 0 saturated heterocycles. The summed E-state index contributed by atoms with van der Waals surface area (Å²) in [5.41, 5.74) is 2.32. The Kier molecular flexibility index (Phi) is 4.99. The third-order valence-corrected chi connectivity index (χ3v) is 2.73. The van der Waals surface area contributed by atoms with Gasteiger partial charge >= 0.3 is 5.97 Å². The molecular formula is C13H14ClNO2. The summed E-state index contributed by atoms with van der Waals surface area (Å²) in [6, 6.07) is 5.58. The second-order valence-corrected chi connectivity index (χ2v) is 3.76. The third kappa shape index (κ3) is 2.98. The first-order valence-electron chi connectivity index (χ1n) is 5.46. The molecule has 0 aliphatic carbocycles. The minimum absolute atomic E-state index is 0.126. The quantitative estimate of drug-likeness (QED) is 0.610. The van der Waals surface area contributed by atoms with Gasteiger partial charge in [-0.2, -0.15) is 5.26 Å². The molecule has 3 nitrogen and oxygen atoms in total. The number of carbonyl (C=O) groups excluding carboxylic acids is 1. The van der Waals surface area contributed by atoms with Crippen LogP contribution in [0.1, 0.15) is 40.9 Å². The van der Waals surface area contributed by atoms with Gasteiger partial charge in [0.15, 0.2) is 0 Å². The van der Waals surface area contributed by atoms with Crippen LogP contribution in [0.5, 0.6) is 0 Å². The first-order valence-corrected chi connectivity index (χ1v) is 6.00. The molecule has 0 spiro atoms. The van der Waals surface area contributed by atoms with E-state index < -0.39 is 5.97 Å². The molecule has 0 aromatic heterocycles. The topological polar surface area (TPSA) is 50.1 Å². The summed E-state index contributed by atoms with van der Waals surface area (Å²) in [7, 11) is 0. The van der Waals surface area contributed by atoms with E-state index in [2.05, 4.69) is 6.07 Å². The van der Waals surface area contributed by atoms with Crippen LogP contribution < -0.4 is 0 Å². The summed E-state index contributed by atoms with van der Waals surface area (Å²) in [4.78, 5) is 11.8. The predicted octanol–water partition coefficient (Wildman–Crippen LogP) is 3.04. The predicted molar refractivity (Wildman–Crippen MR) is 66.0 cm³/mol. The van der Waals surface area contributed by atoms with Crippen molar-refractivity contribution in [1.82, 2.24) is 0 Å². The molecule has 1 aromatic carbocycles. The van der Waals surface area contributed by atoms with Crippen LogP contribution in [0.2, 0.25) is 0 Å². The number of esters is 1. The number of hydrogen-bond donors (Lipinski definition) is 0. The van der Waals surface area contributed by atoms with Crippen LogP contribution in [-0.2, 0) is 17.0 Å². The minimum atomic E-state index is -0.421. The highest BCUT2D eigenvalue weighted by atomic mass is 35.5. The number of nitriles is 1. The summed E-state index contributed by atoms with van der Waals surface area (Å²) in [5, 5.41) is 9.04. The number of halogens is 1. The Morgan fingerprint density at radius 1 is 1.47 bits per heavy atom.